The van der Waals surface area contributed by atoms with Crippen LogP contribution in [-0.2, 0) is 6.54 Å². The van der Waals surface area contributed by atoms with E-state index in [2.05, 4.69) is 5.32 Å². The summed E-state index contributed by atoms with van der Waals surface area (Å²) in [5, 5.41) is 13.7. The Morgan fingerprint density at radius 3 is 2.59 bits per heavy atom. The number of nitrogens with one attached hydrogen (secondary N) is 1. The van der Waals surface area contributed by atoms with E-state index < -0.39 is 5.60 Å². The number of para-hydroxylation sites is 1. The number of halogens is 1. The van der Waals surface area contributed by atoms with E-state index in [-0.39, 0.29) is 0 Å². The maximum atomic E-state index is 9.86. The SMILES string of the molecule is CNCc1cccc(Cl)c1N(C)CC(C)(C)O. The van der Waals surface area contributed by atoms with E-state index in [1.807, 2.05) is 37.2 Å². The summed E-state index contributed by atoms with van der Waals surface area (Å²) < 4.78 is 0. The van der Waals surface area contributed by atoms with Crippen molar-refractivity contribution in [2.75, 3.05) is 25.5 Å². The van der Waals surface area contributed by atoms with Crippen molar-refractivity contribution in [2.24, 2.45) is 0 Å². The molecule has 0 fully saturated rings. The lowest BCUT2D eigenvalue weighted by atomic mass is 10.1. The van der Waals surface area contributed by atoms with E-state index in [0.717, 1.165) is 17.8 Å². The molecule has 1 aromatic carbocycles. The third-order valence-electron chi connectivity index (χ3n) is 2.44. The predicted octanol–water partition coefficient (Wildman–Crippen LogP) is 2.27. The Hall–Kier alpha value is -0.770. The molecule has 0 bridgehead atoms. The average Bonchev–Trinajstić information content (AvgIpc) is 2.15. The topological polar surface area (TPSA) is 35.5 Å². The number of aliphatic hydroxyl groups is 1. The van der Waals surface area contributed by atoms with Gasteiger partial charge in [0.05, 0.1) is 16.3 Å². The van der Waals surface area contributed by atoms with Crippen molar-refractivity contribution in [3.8, 4) is 0 Å². The first-order valence-corrected chi connectivity index (χ1v) is 6.08. The van der Waals surface area contributed by atoms with E-state index in [9.17, 15) is 5.11 Å². The minimum absolute atomic E-state index is 0.535. The van der Waals surface area contributed by atoms with Crippen LogP contribution in [0.3, 0.4) is 0 Å². The van der Waals surface area contributed by atoms with Gasteiger partial charge in [-0.05, 0) is 32.5 Å². The van der Waals surface area contributed by atoms with Gasteiger partial charge in [-0.15, -0.1) is 0 Å². The van der Waals surface area contributed by atoms with Crippen LogP contribution in [0.4, 0.5) is 5.69 Å². The van der Waals surface area contributed by atoms with Crippen molar-refractivity contribution < 1.29 is 5.11 Å². The first-order valence-electron chi connectivity index (χ1n) is 5.70. The van der Waals surface area contributed by atoms with Gasteiger partial charge in [-0.2, -0.15) is 0 Å². The number of hydrogen-bond acceptors (Lipinski definition) is 3. The highest BCUT2D eigenvalue weighted by Crippen LogP contribution is 2.30. The van der Waals surface area contributed by atoms with Crippen LogP contribution in [0.25, 0.3) is 0 Å². The molecule has 0 saturated carbocycles. The number of rotatable bonds is 5. The van der Waals surface area contributed by atoms with Crippen LogP contribution in [0.1, 0.15) is 19.4 Å². The first-order chi connectivity index (χ1) is 7.85. The molecular formula is C13H21ClN2O. The molecular weight excluding hydrogens is 236 g/mol. The molecule has 0 aliphatic heterocycles. The molecule has 2 N–H and O–H groups in total. The van der Waals surface area contributed by atoms with E-state index in [1.165, 1.54) is 0 Å². The fourth-order valence-electron chi connectivity index (χ4n) is 1.98. The molecule has 0 atom stereocenters. The molecule has 0 amide bonds. The smallest absolute Gasteiger partial charge is 0.0765 e. The highest BCUT2D eigenvalue weighted by Gasteiger charge is 2.19. The largest absolute Gasteiger partial charge is 0.389 e. The minimum Gasteiger partial charge on any atom is -0.389 e. The summed E-state index contributed by atoms with van der Waals surface area (Å²) in [6.07, 6.45) is 0. The molecule has 3 nitrogen and oxygen atoms in total. The zero-order valence-corrected chi connectivity index (χ0v) is 11.7. The van der Waals surface area contributed by atoms with Crippen LogP contribution < -0.4 is 10.2 Å². The lowest BCUT2D eigenvalue weighted by Gasteiger charge is -2.29. The lowest BCUT2D eigenvalue weighted by molar-refractivity contribution is 0.0886. The summed E-state index contributed by atoms with van der Waals surface area (Å²) in [5.74, 6) is 0. The van der Waals surface area contributed by atoms with Crippen LogP contribution in [0.15, 0.2) is 18.2 Å². The van der Waals surface area contributed by atoms with Gasteiger partial charge < -0.3 is 15.3 Å². The molecule has 1 rings (SSSR count). The van der Waals surface area contributed by atoms with Crippen LogP contribution >= 0.6 is 11.6 Å². The zero-order valence-electron chi connectivity index (χ0n) is 10.9. The molecule has 0 spiro atoms. The Kier molecular flexibility index (Phi) is 4.80. The molecule has 0 saturated heterocycles. The minimum atomic E-state index is -0.745. The third-order valence-corrected chi connectivity index (χ3v) is 2.75. The third kappa shape index (κ3) is 4.19. The summed E-state index contributed by atoms with van der Waals surface area (Å²) in [7, 11) is 3.85. The molecule has 0 aliphatic carbocycles. The van der Waals surface area contributed by atoms with Crippen molar-refractivity contribution in [2.45, 2.75) is 26.0 Å². The Bertz CT molecular complexity index is 374. The summed E-state index contributed by atoms with van der Waals surface area (Å²) >= 11 is 6.24. The van der Waals surface area contributed by atoms with Crippen LogP contribution in [0.5, 0.6) is 0 Å². The molecule has 0 heterocycles. The Morgan fingerprint density at radius 1 is 1.41 bits per heavy atom. The van der Waals surface area contributed by atoms with E-state index in [0.29, 0.717) is 11.6 Å². The standard InChI is InChI=1S/C13H21ClN2O/c1-13(2,17)9-16(4)12-10(8-15-3)6-5-7-11(12)14/h5-7,15,17H,8-9H2,1-4H3. The fourth-order valence-corrected chi connectivity index (χ4v) is 2.32. The van der Waals surface area contributed by atoms with Crippen molar-refractivity contribution in [1.29, 1.82) is 0 Å². The zero-order chi connectivity index (χ0) is 13.1. The second-order valence-corrected chi connectivity index (χ2v) is 5.35. The van der Waals surface area contributed by atoms with Crippen molar-refractivity contribution in [3.05, 3.63) is 28.8 Å². The maximum absolute atomic E-state index is 9.86. The van der Waals surface area contributed by atoms with E-state index in [1.54, 1.807) is 13.8 Å². The molecule has 0 aliphatic rings. The second kappa shape index (κ2) is 5.71. The Morgan fingerprint density at radius 2 is 2.06 bits per heavy atom. The second-order valence-electron chi connectivity index (χ2n) is 4.95. The molecule has 0 aromatic heterocycles. The van der Waals surface area contributed by atoms with E-state index >= 15 is 0 Å². The molecule has 0 radical (unpaired) electrons. The molecule has 96 valence electrons. The van der Waals surface area contributed by atoms with Crippen molar-refractivity contribution in [3.63, 3.8) is 0 Å². The Balaban J connectivity index is 3.02. The lowest BCUT2D eigenvalue weighted by Crippen LogP contribution is -2.37. The average molecular weight is 257 g/mol. The fraction of sp³-hybridized carbons (Fsp3) is 0.538. The Labute approximate surface area is 108 Å². The highest BCUT2D eigenvalue weighted by atomic mass is 35.5. The van der Waals surface area contributed by atoms with Crippen molar-refractivity contribution >= 4 is 17.3 Å². The van der Waals surface area contributed by atoms with Crippen molar-refractivity contribution in [1.82, 2.24) is 5.32 Å². The van der Waals surface area contributed by atoms with Gasteiger partial charge in [-0.25, -0.2) is 0 Å². The number of benzene rings is 1. The summed E-state index contributed by atoms with van der Waals surface area (Å²) in [6.45, 7) is 4.87. The number of anilines is 1. The van der Waals surface area contributed by atoms with E-state index in [4.69, 9.17) is 11.6 Å². The summed E-state index contributed by atoms with van der Waals surface area (Å²) in [6, 6.07) is 5.85. The first kappa shape index (κ1) is 14.3. The van der Waals surface area contributed by atoms with Gasteiger partial charge in [-0.1, -0.05) is 23.7 Å². The van der Waals surface area contributed by atoms with Gasteiger partial charge in [0.1, 0.15) is 0 Å². The van der Waals surface area contributed by atoms with Gasteiger partial charge in [0.25, 0.3) is 0 Å². The van der Waals surface area contributed by atoms with Gasteiger partial charge in [0.2, 0.25) is 0 Å². The predicted molar refractivity (Wildman–Crippen MR) is 73.8 cm³/mol. The van der Waals surface area contributed by atoms with Gasteiger partial charge in [0.15, 0.2) is 0 Å². The normalized spacial score (nSPS) is 11.6. The van der Waals surface area contributed by atoms with Gasteiger partial charge >= 0.3 is 0 Å². The van der Waals surface area contributed by atoms with Gasteiger partial charge in [0, 0.05) is 20.1 Å². The monoisotopic (exact) mass is 256 g/mol. The number of likely N-dealkylation sites (N-methyl/N-ethyl adjacent to an activating group) is 1. The maximum Gasteiger partial charge on any atom is 0.0765 e. The number of hydrogen-bond donors (Lipinski definition) is 2. The van der Waals surface area contributed by atoms with Crippen LogP contribution in [-0.4, -0.2) is 31.3 Å². The highest BCUT2D eigenvalue weighted by molar-refractivity contribution is 6.33. The van der Waals surface area contributed by atoms with Gasteiger partial charge in [-0.3, -0.25) is 0 Å². The quantitative estimate of drug-likeness (QED) is 0.849. The summed E-state index contributed by atoms with van der Waals surface area (Å²) in [4.78, 5) is 2.00. The van der Waals surface area contributed by atoms with Crippen LogP contribution in [0.2, 0.25) is 5.02 Å². The molecule has 1 aromatic rings. The molecule has 4 heteroatoms. The molecule has 0 unspecified atom stereocenters. The summed E-state index contributed by atoms with van der Waals surface area (Å²) in [5.41, 5.74) is 1.36. The molecule has 17 heavy (non-hydrogen) atoms. The number of nitrogens with zero attached hydrogens (tertiary/aromatic N) is 1. The van der Waals surface area contributed by atoms with Crippen LogP contribution in [0, 0.1) is 0 Å².